The molecule has 0 atom stereocenters. The third-order valence-electron chi connectivity index (χ3n) is 4.25. The van der Waals surface area contributed by atoms with Crippen molar-refractivity contribution in [1.29, 1.82) is 0 Å². The van der Waals surface area contributed by atoms with Crippen LogP contribution in [0.1, 0.15) is 12.5 Å². The molecule has 0 amide bonds. The predicted octanol–water partition coefficient (Wildman–Crippen LogP) is 5.70. The lowest BCUT2D eigenvalue weighted by Gasteiger charge is -2.06. The summed E-state index contributed by atoms with van der Waals surface area (Å²) >= 11 is 1.69. The van der Waals surface area contributed by atoms with E-state index >= 15 is 0 Å². The molecule has 0 aliphatic rings. The lowest BCUT2D eigenvalue weighted by molar-refractivity contribution is 0.469. The zero-order chi connectivity index (χ0) is 16.0. The largest absolute Gasteiger partial charge is 0.508 e. The van der Waals surface area contributed by atoms with Crippen LogP contribution in [0.25, 0.3) is 31.3 Å². The molecule has 4 aromatic rings. The maximum Gasteiger partial charge on any atom is 0.118 e. The summed E-state index contributed by atoms with van der Waals surface area (Å²) in [4.78, 5) is 0. The topological polar surface area (TPSA) is 40.5 Å². The minimum absolute atomic E-state index is 0.301. The van der Waals surface area contributed by atoms with Gasteiger partial charge in [0.2, 0.25) is 0 Å². The Morgan fingerprint density at radius 2 is 1.43 bits per heavy atom. The van der Waals surface area contributed by atoms with Crippen LogP contribution >= 0.6 is 11.3 Å². The Labute approximate surface area is 138 Å². The number of hydrogen-bond donors (Lipinski definition) is 2. The van der Waals surface area contributed by atoms with Gasteiger partial charge in [0.1, 0.15) is 11.5 Å². The Kier molecular flexibility index (Phi) is 3.24. The van der Waals surface area contributed by atoms with E-state index in [2.05, 4.69) is 24.3 Å². The number of benzene rings is 3. The van der Waals surface area contributed by atoms with E-state index in [-0.39, 0.29) is 0 Å². The molecule has 0 saturated carbocycles. The maximum atomic E-state index is 9.85. The number of aryl methyl sites for hydroxylation is 1. The van der Waals surface area contributed by atoms with Crippen LogP contribution in [0.2, 0.25) is 0 Å². The van der Waals surface area contributed by atoms with Crippen molar-refractivity contribution in [3.8, 4) is 22.6 Å². The Bertz CT molecular complexity index is 1030. The molecule has 0 aliphatic carbocycles. The maximum absolute atomic E-state index is 9.85. The van der Waals surface area contributed by atoms with Crippen molar-refractivity contribution in [2.45, 2.75) is 13.3 Å². The van der Waals surface area contributed by atoms with Gasteiger partial charge in [0.15, 0.2) is 0 Å². The first-order valence-corrected chi connectivity index (χ1v) is 8.45. The lowest BCUT2D eigenvalue weighted by Crippen LogP contribution is -1.84. The highest BCUT2D eigenvalue weighted by Crippen LogP contribution is 2.38. The highest BCUT2D eigenvalue weighted by atomic mass is 32.1. The molecule has 0 unspecified atom stereocenters. The molecule has 0 spiro atoms. The van der Waals surface area contributed by atoms with Crippen molar-refractivity contribution in [1.82, 2.24) is 0 Å². The number of rotatable bonds is 2. The molecule has 2 N–H and O–H groups in total. The van der Waals surface area contributed by atoms with E-state index in [9.17, 15) is 10.2 Å². The summed E-state index contributed by atoms with van der Waals surface area (Å²) in [5, 5.41) is 21.9. The first-order valence-electron chi connectivity index (χ1n) is 7.63. The minimum Gasteiger partial charge on any atom is -0.508 e. The molecule has 3 aromatic carbocycles. The summed E-state index contributed by atoms with van der Waals surface area (Å²) in [5.41, 5.74) is 3.22. The molecule has 0 fully saturated rings. The van der Waals surface area contributed by atoms with Gasteiger partial charge in [-0.3, -0.25) is 0 Å². The van der Waals surface area contributed by atoms with Crippen molar-refractivity contribution in [2.24, 2.45) is 0 Å². The highest BCUT2D eigenvalue weighted by Gasteiger charge is 2.08. The number of thiophene rings is 1. The Balaban J connectivity index is 1.90. The van der Waals surface area contributed by atoms with Gasteiger partial charge in [-0.25, -0.2) is 0 Å². The van der Waals surface area contributed by atoms with Gasteiger partial charge >= 0.3 is 0 Å². The fraction of sp³-hybridized carbons (Fsp3) is 0.100. The third-order valence-corrected chi connectivity index (χ3v) is 5.37. The van der Waals surface area contributed by atoms with Crippen LogP contribution < -0.4 is 0 Å². The van der Waals surface area contributed by atoms with E-state index in [0.717, 1.165) is 27.8 Å². The summed E-state index contributed by atoms with van der Waals surface area (Å²) in [7, 11) is 0. The number of fused-ring (bicyclic) bond motifs is 3. The highest BCUT2D eigenvalue weighted by molar-refractivity contribution is 7.25. The van der Waals surface area contributed by atoms with E-state index < -0.39 is 0 Å². The van der Waals surface area contributed by atoms with Crippen LogP contribution in [0.15, 0.2) is 54.6 Å². The van der Waals surface area contributed by atoms with Gasteiger partial charge in [-0.2, -0.15) is 0 Å². The van der Waals surface area contributed by atoms with E-state index in [1.807, 2.05) is 25.1 Å². The van der Waals surface area contributed by atoms with E-state index in [1.54, 1.807) is 23.5 Å². The monoisotopic (exact) mass is 320 g/mol. The zero-order valence-corrected chi connectivity index (χ0v) is 13.5. The second-order valence-electron chi connectivity index (χ2n) is 5.69. The van der Waals surface area contributed by atoms with Crippen LogP contribution in [0.3, 0.4) is 0 Å². The molecule has 0 radical (unpaired) electrons. The summed E-state index contributed by atoms with van der Waals surface area (Å²) in [6, 6.07) is 17.7. The van der Waals surface area contributed by atoms with Gasteiger partial charge in [-0.15, -0.1) is 11.3 Å². The molecule has 4 rings (SSSR count). The molecule has 114 valence electrons. The summed E-state index contributed by atoms with van der Waals surface area (Å²) in [6.45, 7) is 2.04. The van der Waals surface area contributed by atoms with Crippen molar-refractivity contribution >= 4 is 31.5 Å². The average molecular weight is 320 g/mol. The third kappa shape index (κ3) is 2.34. The molecule has 0 aliphatic heterocycles. The molecule has 3 heteroatoms. The molecular formula is C20H16O2S. The van der Waals surface area contributed by atoms with Gasteiger partial charge in [-0.1, -0.05) is 25.1 Å². The first-order chi connectivity index (χ1) is 11.2. The number of phenolic OH excluding ortho intramolecular Hbond substituents is 2. The Morgan fingerprint density at radius 3 is 2.22 bits per heavy atom. The van der Waals surface area contributed by atoms with E-state index in [1.165, 1.54) is 15.5 Å². The lowest BCUT2D eigenvalue weighted by atomic mass is 10.00. The van der Waals surface area contributed by atoms with Crippen molar-refractivity contribution in [3.63, 3.8) is 0 Å². The standard InChI is InChI=1S/C20H16O2S/c1-2-12-9-13(4-8-18(12)22)14-3-6-16-17-7-5-15(21)11-20(17)23-19(16)10-14/h3-11,21-22H,2H2,1H3. The molecular weight excluding hydrogens is 304 g/mol. The quantitative estimate of drug-likeness (QED) is 0.498. The number of aromatic hydroxyl groups is 2. The SMILES string of the molecule is CCc1cc(-c2ccc3c(c2)sc2cc(O)ccc23)ccc1O. The fourth-order valence-corrected chi connectivity index (χ4v) is 4.17. The number of phenols is 2. The van der Waals surface area contributed by atoms with Crippen LogP contribution in [0.4, 0.5) is 0 Å². The summed E-state index contributed by atoms with van der Waals surface area (Å²) in [5.74, 6) is 0.657. The van der Waals surface area contributed by atoms with Gasteiger partial charge in [0.05, 0.1) is 0 Å². The van der Waals surface area contributed by atoms with Crippen molar-refractivity contribution in [3.05, 3.63) is 60.2 Å². The second-order valence-corrected chi connectivity index (χ2v) is 6.77. The minimum atomic E-state index is 0.301. The van der Waals surface area contributed by atoms with Gasteiger partial charge in [-0.05, 0) is 59.5 Å². The van der Waals surface area contributed by atoms with Crippen molar-refractivity contribution < 1.29 is 10.2 Å². The molecule has 2 nitrogen and oxygen atoms in total. The summed E-state index contributed by atoms with van der Waals surface area (Å²) < 4.78 is 2.30. The predicted molar refractivity (Wildman–Crippen MR) is 97.5 cm³/mol. The molecule has 1 aromatic heterocycles. The van der Waals surface area contributed by atoms with Crippen LogP contribution in [0, 0.1) is 0 Å². The Hall–Kier alpha value is -2.52. The van der Waals surface area contributed by atoms with Crippen LogP contribution in [-0.2, 0) is 6.42 Å². The van der Waals surface area contributed by atoms with Gasteiger partial charge < -0.3 is 10.2 Å². The van der Waals surface area contributed by atoms with Crippen LogP contribution in [0.5, 0.6) is 11.5 Å². The zero-order valence-electron chi connectivity index (χ0n) is 12.7. The van der Waals surface area contributed by atoms with Gasteiger partial charge in [0.25, 0.3) is 0 Å². The Morgan fingerprint density at radius 1 is 0.783 bits per heavy atom. The van der Waals surface area contributed by atoms with Gasteiger partial charge in [0, 0.05) is 20.2 Å². The first kappa shape index (κ1) is 14.1. The second kappa shape index (κ2) is 5.28. The van der Waals surface area contributed by atoms with E-state index in [0.29, 0.717) is 11.5 Å². The van der Waals surface area contributed by atoms with E-state index in [4.69, 9.17) is 0 Å². The normalized spacial score (nSPS) is 11.3. The van der Waals surface area contributed by atoms with Crippen LogP contribution in [-0.4, -0.2) is 10.2 Å². The summed E-state index contributed by atoms with van der Waals surface area (Å²) in [6.07, 6.45) is 0.810. The molecule has 1 heterocycles. The fourth-order valence-electron chi connectivity index (χ4n) is 2.99. The molecule has 23 heavy (non-hydrogen) atoms. The molecule has 0 bridgehead atoms. The van der Waals surface area contributed by atoms with Crippen molar-refractivity contribution in [2.75, 3.05) is 0 Å². The molecule has 0 saturated heterocycles. The average Bonchev–Trinajstić information content (AvgIpc) is 2.91. The smallest absolute Gasteiger partial charge is 0.118 e. The number of hydrogen-bond acceptors (Lipinski definition) is 3.